The minimum absolute atomic E-state index is 0.459. The van der Waals surface area contributed by atoms with Gasteiger partial charge in [-0.25, -0.2) is 0 Å². The number of aliphatic hydroxyl groups is 1. The Kier molecular flexibility index (Phi) is 2.94. The smallest absolute Gasteiger partial charge is 0.0620 e. The molecule has 2 saturated carbocycles. The van der Waals surface area contributed by atoms with Gasteiger partial charge >= 0.3 is 0 Å². The van der Waals surface area contributed by atoms with E-state index in [2.05, 4.69) is 13.5 Å². The summed E-state index contributed by atoms with van der Waals surface area (Å²) in [5.74, 6) is 1.12. The molecule has 0 aromatic heterocycles. The van der Waals surface area contributed by atoms with Gasteiger partial charge in [0.2, 0.25) is 0 Å². The predicted octanol–water partition coefficient (Wildman–Crippen LogP) is 3.92. The van der Waals surface area contributed by atoms with Crippen LogP contribution in [0.4, 0.5) is 0 Å². The lowest BCUT2D eigenvalue weighted by molar-refractivity contribution is -0.0406. The second-order valence-electron chi connectivity index (χ2n) is 6.84. The summed E-state index contributed by atoms with van der Waals surface area (Å²) in [4.78, 5) is 0. The van der Waals surface area contributed by atoms with Crippen molar-refractivity contribution in [3.05, 3.63) is 12.2 Å². The monoisotopic (exact) mass is 222 g/mol. The lowest BCUT2D eigenvalue weighted by Gasteiger charge is -2.50. The Bertz CT molecular complexity index is 286. The minimum atomic E-state index is -0.515. The quantitative estimate of drug-likeness (QED) is 0.667. The van der Waals surface area contributed by atoms with E-state index in [9.17, 15) is 5.11 Å². The maximum absolute atomic E-state index is 10.2. The van der Waals surface area contributed by atoms with E-state index in [1.807, 2.05) is 13.8 Å². The maximum Gasteiger partial charge on any atom is 0.0620 e. The van der Waals surface area contributed by atoms with E-state index in [0.29, 0.717) is 17.3 Å². The first-order valence-corrected chi connectivity index (χ1v) is 6.73. The molecular formula is C15H26O. The van der Waals surface area contributed by atoms with Crippen molar-refractivity contribution in [2.45, 2.75) is 64.9 Å². The van der Waals surface area contributed by atoms with E-state index in [0.717, 1.165) is 6.42 Å². The fraction of sp³-hybridized carbons (Fsp3) is 0.867. The highest BCUT2D eigenvalue weighted by molar-refractivity contribution is 5.13. The van der Waals surface area contributed by atoms with E-state index < -0.39 is 5.60 Å². The largest absolute Gasteiger partial charge is 0.390 e. The van der Waals surface area contributed by atoms with Crippen molar-refractivity contribution in [1.82, 2.24) is 0 Å². The van der Waals surface area contributed by atoms with Gasteiger partial charge < -0.3 is 5.11 Å². The predicted molar refractivity (Wildman–Crippen MR) is 68.2 cm³/mol. The van der Waals surface area contributed by atoms with E-state index in [1.165, 1.54) is 37.7 Å². The Hall–Kier alpha value is -0.300. The fourth-order valence-corrected chi connectivity index (χ4v) is 3.86. The molecule has 0 saturated heterocycles. The molecule has 0 unspecified atom stereocenters. The van der Waals surface area contributed by atoms with E-state index in [4.69, 9.17) is 0 Å². The molecule has 3 atom stereocenters. The molecule has 2 rings (SSSR count). The average Bonchev–Trinajstić information content (AvgIpc) is 2.15. The summed E-state index contributed by atoms with van der Waals surface area (Å²) in [6, 6.07) is 0. The molecule has 2 fully saturated rings. The molecule has 0 aromatic carbocycles. The second-order valence-corrected chi connectivity index (χ2v) is 6.84. The molecule has 1 N–H and O–H groups in total. The van der Waals surface area contributed by atoms with Gasteiger partial charge in [-0.1, -0.05) is 19.1 Å². The third-order valence-corrected chi connectivity index (χ3v) is 5.16. The van der Waals surface area contributed by atoms with Crippen LogP contribution in [0.25, 0.3) is 0 Å². The van der Waals surface area contributed by atoms with Crippen LogP contribution >= 0.6 is 0 Å². The molecule has 0 bridgehead atoms. The SMILES string of the molecule is C=C1CCC[C@]2(C)CC[C@@H](C(C)(C)O)C[C@H]12. The van der Waals surface area contributed by atoms with Crippen molar-refractivity contribution in [3.63, 3.8) is 0 Å². The summed E-state index contributed by atoms with van der Waals surface area (Å²) >= 11 is 0. The van der Waals surface area contributed by atoms with Gasteiger partial charge in [0.1, 0.15) is 0 Å². The van der Waals surface area contributed by atoms with Crippen LogP contribution in [0.3, 0.4) is 0 Å². The highest BCUT2D eigenvalue weighted by atomic mass is 16.3. The van der Waals surface area contributed by atoms with Crippen LogP contribution in [0, 0.1) is 17.3 Å². The molecule has 0 spiro atoms. The highest BCUT2D eigenvalue weighted by Gasteiger charge is 2.45. The van der Waals surface area contributed by atoms with Crippen molar-refractivity contribution in [3.8, 4) is 0 Å². The first kappa shape index (κ1) is 12.2. The van der Waals surface area contributed by atoms with Crippen LogP contribution in [0.1, 0.15) is 59.3 Å². The van der Waals surface area contributed by atoms with Gasteiger partial charge in [-0.05, 0) is 69.6 Å². The van der Waals surface area contributed by atoms with Crippen LogP contribution in [0.15, 0.2) is 12.2 Å². The Morgan fingerprint density at radius 3 is 2.69 bits per heavy atom. The van der Waals surface area contributed by atoms with Crippen molar-refractivity contribution in [2.75, 3.05) is 0 Å². The highest BCUT2D eigenvalue weighted by Crippen LogP contribution is 2.54. The summed E-state index contributed by atoms with van der Waals surface area (Å²) in [7, 11) is 0. The number of rotatable bonds is 1. The zero-order valence-electron chi connectivity index (χ0n) is 11.1. The summed E-state index contributed by atoms with van der Waals surface area (Å²) < 4.78 is 0. The van der Waals surface area contributed by atoms with E-state index >= 15 is 0 Å². The molecule has 1 nitrogen and oxygen atoms in total. The lowest BCUT2D eigenvalue weighted by Crippen LogP contribution is -2.43. The molecule has 2 aliphatic rings. The first-order chi connectivity index (χ1) is 7.33. The Labute approximate surface area is 99.9 Å². The summed E-state index contributed by atoms with van der Waals surface area (Å²) in [5, 5.41) is 10.2. The van der Waals surface area contributed by atoms with E-state index in [-0.39, 0.29) is 0 Å². The zero-order chi connectivity index (χ0) is 12.0. The van der Waals surface area contributed by atoms with Gasteiger partial charge in [-0.3, -0.25) is 0 Å². The summed E-state index contributed by atoms with van der Waals surface area (Å²) in [6.45, 7) is 10.6. The molecular weight excluding hydrogens is 196 g/mol. The van der Waals surface area contributed by atoms with Crippen LogP contribution in [-0.4, -0.2) is 10.7 Å². The Morgan fingerprint density at radius 1 is 1.38 bits per heavy atom. The normalized spacial score (nSPS) is 40.6. The third-order valence-electron chi connectivity index (χ3n) is 5.16. The molecule has 0 aliphatic heterocycles. The van der Waals surface area contributed by atoms with Crippen LogP contribution in [0.5, 0.6) is 0 Å². The number of hydrogen-bond acceptors (Lipinski definition) is 1. The molecule has 2 aliphatic carbocycles. The molecule has 16 heavy (non-hydrogen) atoms. The molecule has 92 valence electrons. The van der Waals surface area contributed by atoms with Crippen LogP contribution < -0.4 is 0 Å². The van der Waals surface area contributed by atoms with Gasteiger partial charge in [-0.15, -0.1) is 0 Å². The van der Waals surface area contributed by atoms with Crippen molar-refractivity contribution < 1.29 is 5.11 Å². The second kappa shape index (κ2) is 3.87. The van der Waals surface area contributed by atoms with Crippen molar-refractivity contribution >= 4 is 0 Å². The van der Waals surface area contributed by atoms with Gasteiger partial charge in [0.25, 0.3) is 0 Å². The molecule has 0 radical (unpaired) electrons. The zero-order valence-corrected chi connectivity index (χ0v) is 11.1. The minimum Gasteiger partial charge on any atom is -0.390 e. The summed E-state index contributed by atoms with van der Waals surface area (Å²) in [5.41, 5.74) is 1.42. The molecule has 0 amide bonds. The van der Waals surface area contributed by atoms with Crippen molar-refractivity contribution in [2.24, 2.45) is 17.3 Å². The van der Waals surface area contributed by atoms with Gasteiger partial charge in [0, 0.05) is 0 Å². The number of allylic oxidation sites excluding steroid dienone is 1. The fourth-order valence-electron chi connectivity index (χ4n) is 3.86. The van der Waals surface area contributed by atoms with Gasteiger partial charge in [0.05, 0.1) is 5.60 Å². The number of hydrogen-bond donors (Lipinski definition) is 1. The average molecular weight is 222 g/mol. The molecule has 0 aromatic rings. The topological polar surface area (TPSA) is 20.2 Å². The number of fused-ring (bicyclic) bond motifs is 1. The standard InChI is InChI=1S/C15H26O/c1-11-6-5-8-15(4)9-7-12(10-13(11)15)14(2,3)16/h12-13,16H,1,5-10H2,2-4H3/t12-,13-,15-/m1/s1. The van der Waals surface area contributed by atoms with Crippen LogP contribution in [0.2, 0.25) is 0 Å². The van der Waals surface area contributed by atoms with E-state index in [1.54, 1.807) is 0 Å². The Morgan fingerprint density at radius 2 is 2.06 bits per heavy atom. The Balaban J connectivity index is 2.15. The molecule has 0 heterocycles. The first-order valence-electron chi connectivity index (χ1n) is 6.73. The van der Waals surface area contributed by atoms with Crippen molar-refractivity contribution in [1.29, 1.82) is 0 Å². The molecule has 1 heteroatoms. The third kappa shape index (κ3) is 2.07. The summed E-state index contributed by atoms with van der Waals surface area (Å²) in [6.07, 6.45) is 7.49. The van der Waals surface area contributed by atoms with Gasteiger partial charge in [0.15, 0.2) is 0 Å². The maximum atomic E-state index is 10.2. The van der Waals surface area contributed by atoms with Crippen LogP contribution in [-0.2, 0) is 0 Å². The van der Waals surface area contributed by atoms with Gasteiger partial charge in [-0.2, -0.15) is 0 Å². The lowest BCUT2D eigenvalue weighted by atomic mass is 9.55.